The highest BCUT2D eigenvalue weighted by molar-refractivity contribution is 6.15. The Kier molecular flexibility index (Phi) is 1.51. The molecule has 0 saturated carbocycles. The molecule has 1 aromatic rings. The van der Waals surface area contributed by atoms with Crippen LogP contribution in [-0.2, 0) is 0 Å². The van der Waals surface area contributed by atoms with E-state index in [0.29, 0.717) is 5.69 Å². The molecule has 3 amide bonds. The van der Waals surface area contributed by atoms with Crippen LogP contribution in [0.25, 0.3) is 0 Å². The molecule has 5 heteroatoms. The molecule has 0 atom stereocenters. The van der Waals surface area contributed by atoms with Crippen LogP contribution in [0.15, 0.2) is 18.2 Å². The summed E-state index contributed by atoms with van der Waals surface area (Å²) in [7, 11) is 0. The number of anilines is 1. The van der Waals surface area contributed by atoms with Gasteiger partial charge < -0.3 is 5.32 Å². The zero-order valence-electron chi connectivity index (χ0n) is 6.37. The molecular weight excluding hydrogens is 175 g/mol. The van der Waals surface area contributed by atoms with Crippen LogP contribution in [0.5, 0.6) is 0 Å². The van der Waals surface area contributed by atoms with Crippen LogP contribution in [0.1, 0.15) is 10.4 Å². The van der Waals surface area contributed by atoms with Gasteiger partial charge in [-0.2, -0.15) is 5.32 Å². The van der Waals surface area contributed by atoms with E-state index in [1.165, 1.54) is 6.07 Å². The fourth-order valence-electron chi connectivity index (χ4n) is 1.10. The van der Waals surface area contributed by atoms with Gasteiger partial charge in [-0.05, 0) is 18.2 Å². The van der Waals surface area contributed by atoms with E-state index < -0.39 is 17.8 Å². The summed E-state index contributed by atoms with van der Waals surface area (Å²) < 4.78 is 12.7. The first-order chi connectivity index (χ1) is 6.16. The Morgan fingerprint density at radius 3 is 2.85 bits per heavy atom. The lowest BCUT2D eigenvalue weighted by molar-refractivity contribution is 0.0960. The van der Waals surface area contributed by atoms with Crippen molar-refractivity contribution < 1.29 is 14.0 Å². The van der Waals surface area contributed by atoms with Gasteiger partial charge in [0.15, 0.2) is 0 Å². The van der Waals surface area contributed by atoms with Crippen molar-refractivity contribution in [3.8, 4) is 0 Å². The molecule has 0 fully saturated rings. The van der Waals surface area contributed by atoms with Crippen molar-refractivity contribution in [1.82, 2.24) is 5.32 Å². The first-order valence-corrected chi connectivity index (χ1v) is 3.53. The van der Waals surface area contributed by atoms with E-state index >= 15 is 0 Å². The average Bonchev–Trinajstić information content (AvgIpc) is 2.06. The number of nitrogens with one attached hydrogen (secondary N) is 1. The Hall–Kier alpha value is -1.91. The second kappa shape index (κ2) is 2.55. The molecular formula is C8H4FN2O2. The normalized spacial score (nSPS) is 14.5. The van der Waals surface area contributed by atoms with Crippen LogP contribution >= 0.6 is 0 Å². The molecule has 0 aliphatic carbocycles. The van der Waals surface area contributed by atoms with Gasteiger partial charge in [0.05, 0.1) is 11.3 Å². The van der Waals surface area contributed by atoms with Crippen LogP contribution in [0.3, 0.4) is 0 Å². The first-order valence-electron chi connectivity index (χ1n) is 3.53. The van der Waals surface area contributed by atoms with Gasteiger partial charge >= 0.3 is 6.03 Å². The number of benzene rings is 1. The molecule has 1 radical (unpaired) electrons. The number of rotatable bonds is 0. The highest BCUT2D eigenvalue weighted by Gasteiger charge is 2.23. The summed E-state index contributed by atoms with van der Waals surface area (Å²) in [5.74, 6) is -1.24. The minimum absolute atomic E-state index is 0.0830. The van der Waals surface area contributed by atoms with Gasteiger partial charge in [-0.3, -0.25) is 4.79 Å². The maximum atomic E-state index is 12.7. The largest absolute Gasteiger partial charge is 0.348 e. The molecule has 1 aromatic carbocycles. The fourth-order valence-corrected chi connectivity index (χ4v) is 1.10. The summed E-state index contributed by atoms with van der Waals surface area (Å²) in [6.45, 7) is 0. The van der Waals surface area contributed by atoms with Crippen LogP contribution in [0.2, 0.25) is 0 Å². The molecule has 1 N–H and O–H groups in total. The smallest absolute Gasteiger partial charge is 0.305 e. The molecule has 1 aliphatic rings. The third-order valence-corrected chi connectivity index (χ3v) is 1.66. The number of halogens is 1. The molecule has 0 aromatic heterocycles. The lowest BCUT2D eigenvalue weighted by Crippen LogP contribution is -2.33. The van der Waals surface area contributed by atoms with Crippen LogP contribution in [0.4, 0.5) is 14.9 Å². The van der Waals surface area contributed by atoms with E-state index in [1.807, 2.05) is 0 Å². The van der Waals surface area contributed by atoms with Crippen molar-refractivity contribution in [3.05, 3.63) is 29.6 Å². The van der Waals surface area contributed by atoms with Crippen molar-refractivity contribution in [3.63, 3.8) is 0 Å². The summed E-state index contributed by atoms with van der Waals surface area (Å²) in [5, 5.41) is 5.43. The summed E-state index contributed by atoms with van der Waals surface area (Å²) >= 11 is 0. The SMILES string of the molecule is O=C1[N]C(=O)c2cc(F)ccc2N1. The third-order valence-electron chi connectivity index (χ3n) is 1.66. The number of fused-ring (bicyclic) bond motifs is 1. The highest BCUT2D eigenvalue weighted by Crippen LogP contribution is 2.20. The molecule has 1 heterocycles. The lowest BCUT2D eigenvalue weighted by atomic mass is 10.1. The number of hydrogen-bond donors (Lipinski definition) is 1. The zero-order valence-corrected chi connectivity index (χ0v) is 6.37. The first kappa shape index (κ1) is 7.72. The van der Waals surface area contributed by atoms with Crippen molar-refractivity contribution in [2.45, 2.75) is 0 Å². The number of hydrogen-bond acceptors (Lipinski definition) is 2. The number of imide groups is 1. The Balaban J connectivity index is 2.55. The maximum absolute atomic E-state index is 12.7. The summed E-state index contributed by atoms with van der Waals surface area (Å²) in [4.78, 5) is 21.8. The monoisotopic (exact) mass is 179 g/mol. The Morgan fingerprint density at radius 1 is 1.31 bits per heavy atom. The van der Waals surface area contributed by atoms with E-state index in [4.69, 9.17) is 0 Å². The topological polar surface area (TPSA) is 60.3 Å². The summed E-state index contributed by atoms with van der Waals surface area (Å²) in [5.41, 5.74) is 0.381. The minimum Gasteiger partial charge on any atom is -0.305 e. The van der Waals surface area contributed by atoms with Crippen molar-refractivity contribution in [1.29, 1.82) is 0 Å². The predicted molar refractivity (Wildman–Crippen MR) is 41.9 cm³/mol. The number of urea groups is 1. The molecule has 1 aliphatic heterocycles. The van der Waals surface area contributed by atoms with Gasteiger partial charge in [-0.1, -0.05) is 0 Å². The number of amides is 3. The zero-order chi connectivity index (χ0) is 9.42. The molecule has 0 unspecified atom stereocenters. The quantitative estimate of drug-likeness (QED) is 0.648. The summed E-state index contributed by atoms with van der Waals surface area (Å²) in [6, 6.07) is 2.82. The average molecular weight is 179 g/mol. The van der Waals surface area contributed by atoms with E-state index in [1.54, 1.807) is 0 Å². The molecule has 0 bridgehead atoms. The van der Waals surface area contributed by atoms with Crippen molar-refractivity contribution in [2.75, 3.05) is 5.32 Å². The molecule has 0 saturated heterocycles. The van der Waals surface area contributed by atoms with Gasteiger partial charge in [0.2, 0.25) is 0 Å². The minimum atomic E-state index is -0.718. The van der Waals surface area contributed by atoms with Gasteiger partial charge in [0.25, 0.3) is 5.91 Å². The van der Waals surface area contributed by atoms with E-state index in [2.05, 4.69) is 10.6 Å². The number of carbonyl (C=O) groups is 2. The van der Waals surface area contributed by atoms with Gasteiger partial charge in [0.1, 0.15) is 5.82 Å². The number of carbonyl (C=O) groups excluding carboxylic acids is 2. The van der Waals surface area contributed by atoms with Crippen LogP contribution in [-0.4, -0.2) is 11.9 Å². The van der Waals surface area contributed by atoms with Gasteiger partial charge in [-0.15, -0.1) is 0 Å². The Labute approximate surface area is 72.7 Å². The Morgan fingerprint density at radius 2 is 2.08 bits per heavy atom. The van der Waals surface area contributed by atoms with Crippen molar-refractivity contribution >= 4 is 17.6 Å². The standard InChI is InChI=1S/C8H4FN2O2/c9-4-1-2-6-5(3-4)7(12)11-8(13)10-6/h1-3H,(H,10,13). The fraction of sp³-hybridized carbons (Fsp3) is 0. The predicted octanol–water partition coefficient (Wildman–Crippen LogP) is 1.12. The van der Waals surface area contributed by atoms with Crippen molar-refractivity contribution in [2.24, 2.45) is 0 Å². The number of nitrogens with zero attached hydrogens (tertiary/aromatic N) is 1. The van der Waals surface area contributed by atoms with Crippen LogP contribution < -0.4 is 10.6 Å². The summed E-state index contributed by atoms with van der Waals surface area (Å²) in [6.07, 6.45) is 0. The lowest BCUT2D eigenvalue weighted by Gasteiger charge is -2.13. The second-order valence-corrected chi connectivity index (χ2v) is 2.54. The third kappa shape index (κ3) is 1.24. The van der Waals surface area contributed by atoms with E-state index in [9.17, 15) is 14.0 Å². The second-order valence-electron chi connectivity index (χ2n) is 2.54. The molecule has 0 spiro atoms. The maximum Gasteiger partial charge on any atom is 0.348 e. The van der Waals surface area contributed by atoms with Crippen LogP contribution in [0, 0.1) is 5.82 Å². The molecule has 2 rings (SSSR count). The van der Waals surface area contributed by atoms with E-state index in [0.717, 1.165) is 12.1 Å². The van der Waals surface area contributed by atoms with Gasteiger partial charge in [-0.25, -0.2) is 9.18 Å². The molecule has 65 valence electrons. The highest BCUT2D eigenvalue weighted by atomic mass is 19.1. The molecule has 13 heavy (non-hydrogen) atoms. The van der Waals surface area contributed by atoms with E-state index in [-0.39, 0.29) is 5.56 Å². The van der Waals surface area contributed by atoms with Gasteiger partial charge in [0, 0.05) is 0 Å². The Bertz CT molecular complexity index is 403. The molecule has 4 nitrogen and oxygen atoms in total.